The fourth-order valence-corrected chi connectivity index (χ4v) is 1.61. The molecule has 2 aromatic rings. The summed E-state index contributed by atoms with van der Waals surface area (Å²) in [6.07, 6.45) is 3.04. The van der Waals surface area contributed by atoms with Gasteiger partial charge in [0, 0.05) is 24.7 Å². The second-order valence-electron chi connectivity index (χ2n) is 3.83. The summed E-state index contributed by atoms with van der Waals surface area (Å²) in [5.74, 6) is 0.457. The molecule has 2 rings (SSSR count). The first kappa shape index (κ1) is 13.0. The first-order valence-electron chi connectivity index (χ1n) is 5.98. The van der Waals surface area contributed by atoms with Crippen LogP contribution in [0.3, 0.4) is 0 Å². The van der Waals surface area contributed by atoms with Crippen molar-refractivity contribution in [3.63, 3.8) is 0 Å². The number of benzene rings is 1. The van der Waals surface area contributed by atoms with Crippen LogP contribution in [0.2, 0.25) is 0 Å². The smallest absolute Gasteiger partial charge is 0.183 e. The molecule has 19 heavy (non-hydrogen) atoms. The Morgan fingerprint density at radius 2 is 2.16 bits per heavy atom. The quantitative estimate of drug-likeness (QED) is 0.888. The number of hydrogen-bond acceptors (Lipinski definition) is 5. The molecule has 0 aliphatic heterocycles. The van der Waals surface area contributed by atoms with Crippen LogP contribution in [0.4, 0.5) is 11.5 Å². The van der Waals surface area contributed by atoms with Gasteiger partial charge in [0.2, 0.25) is 0 Å². The van der Waals surface area contributed by atoms with Crippen molar-refractivity contribution in [2.45, 2.75) is 13.5 Å². The molecule has 0 aliphatic carbocycles. The lowest BCUT2D eigenvalue weighted by Crippen LogP contribution is -1.99. The maximum Gasteiger partial charge on any atom is 0.183 e. The Balaban J connectivity index is 2.17. The van der Waals surface area contributed by atoms with Crippen LogP contribution in [-0.4, -0.2) is 16.6 Å². The van der Waals surface area contributed by atoms with Gasteiger partial charge < -0.3 is 10.1 Å². The fourth-order valence-electron chi connectivity index (χ4n) is 1.61. The number of ether oxygens (including phenoxy) is 1. The molecule has 0 saturated carbocycles. The molecule has 0 aliphatic rings. The molecule has 5 nitrogen and oxygen atoms in total. The van der Waals surface area contributed by atoms with E-state index in [1.54, 1.807) is 6.20 Å². The summed E-state index contributed by atoms with van der Waals surface area (Å²) in [5, 5.41) is 12.0. The van der Waals surface area contributed by atoms with E-state index in [9.17, 15) is 0 Å². The van der Waals surface area contributed by atoms with E-state index < -0.39 is 0 Å². The SMILES string of the molecule is CCOCc1cccc(Nc2nccnc2C#N)c1. The summed E-state index contributed by atoms with van der Waals surface area (Å²) < 4.78 is 5.36. The normalized spacial score (nSPS) is 9.89. The predicted molar refractivity (Wildman–Crippen MR) is 71.8 cm³/mol. The summed E-state index contributed by atoms with van der Waals surface area (Å²) >= 11 is 0. The zero-order valence-corrected chi connectivity index (χ0v) is 10.6. The van der Waals surface area contributed by atoms with Crippen molar-refractivity contribution in [1.82, 2.24) is 9.97 Å². The number of nitrogens with one attached hydrogen (secondary N) is 1. The van der Waals surface area contributed by atoms with Gasteiger partial charge >= 0.3 is 0 Å². The number of nitriles is 1. The van der Waals surface area contributed by atoms with Crippen molar-refractivity contribution in [3.8, 4) is 6.07 Å². The Labute approximate surface area is 111 Å². The third-order valence-electron chi connectivity index (χ3n) is 2.47. The first-order chi connectivity index (χ1) is 9.33. The third-order valence-corrected chi connectivity index (χ3v) is 2.47. The minimum atomic E-state index is 0.276. The molecule has 0 atom stereocenters. The highest BCUT2D eigenvalue weighted by Gasteiger charge is 2.04. The van der Waals surface area contributed by atoms with Crippen molar-refractivity contribution < 1.29 is 4.74 Å². The highest BCUT2D eigenvalue weighted by Crippen LogP contribution is 2.18. The van der Waals surface area contributed by atoms with E-state index >= 15 is 0 Å². The van der Waals surface area contributed by atoms with Gasteiger partial charge in [-0.3, -0.25) is 0 Å². The molecule has 1 aromatic carbocycles. The van der Waals surface area contributed by atoms with Gasteiger partial charge in [-0.15, -0.1) is 0 Å². The molecule has 0 unspecified atom stereocenters. The Kier molecular flexibility index (Phi) is 4.43. The van der Waals surface area contributed by atoms with E-state index in [-0.39, 0.29) is 5.69 Å². The highest BCUT2D eigenvalue weighted by molar-refractivity contribution is 5.60. The van der Waals surface area contributed by atoms with Gasteiger partial charge in [-0.1, -0.05) is 12.1 Å². The fraction of sp³-hybridized carbons (Fsp3) is 0.214. The molecule has 0 spiro atoms. The van der Waals surface area contributed by atoms with Crippen LogP contribution in [0.1, 0.15) is 18.2 Å². The summed E-state index contributed by atoms with van der Waals surface area (Å²) in [7, 11) is 0. The second kappa shape index (κ2) is 6.47. The summed E-state index contributed by atoms with van der Waals surface area (Å²) in [6.45, 7) is 3.21. The molecule has 1 N–H and O–H groups in total. The van der Waals surface area contributed by atoms with E-state index in [1.165, 1.54) is 6.20 Å². The molecule has 0 saturated heterocycles. The second-order valence-corrected chi connectivity index (χ2v) is 3.83. The lowest BCUT2D eigenvalue weighted by molar-refractivity contribution is 0.134. The molecule has 96 valence electrons. The summed E-state index contributed by atoms with van der Waals surface area (Å²) in [4.78, 5) is 8.06. The van der Waals surface area contributed by atoms with Crippen LogP contribution in [0.5, 0.6) is 0 Å². The Bertz CT molecular complexity index is 592. The minimum Gasteiger partial charge on any atom is -0.377 e. The molecular weight excluding hydrogens is 240 g/mol. The van der Waals surface area contributed by atoms with Gasteiger partial charge in [0.15, 0.2) is 11.5 Å². The van der Waals surface area contributed by atoms with E-state index in [2.05, 4.69) is 15.3 Å². The Morgan fingerprint density at radius 1 is 1.32 bits per heavy atom. The van der Waals surface area contributed by atoms with E-state index in [0.29, 0.717) is 19.0 Å². The van der Waals surface area contributed by atoms with Gasteiger partial charge in [0.1, 0.15) is 6.07 Å². The average molecular weight is 254 g/mol. The number of hydrogen-bond donors (Lipinski definition) is 1. The molecule has 1 heterocycles. The number of anilines is 2. The van der Waals surface area contributed by atoms with Crippen molar-refractivity contribution >= 4 is 11.5 Å². The van der Waals surface area contributed by atoms with Gasteiger partial charge in [-0.2, -0.15) is 5.26 Å². The third kappa shape index (κ3) is 3.50. The molecule has 0 bridgehead atoms. The molecule has 0 amide bonds. The maximum absolute atomic E-state index is 8.95. The van der Waals surface area contributed by atoms with E-state index in [4.69, 9.17) is 10.00 Å². The van der Waals surface area contributed by atoms with Crippen molar-refractivity contribution in [1.29, 1.82) is 5.26 Å². The van der Waals surface area contributed by atoms with Gasteiger partial charge in [-0.05, 0) is 24.6 Å². The van der Waals surface area contributed by atoms with Crippen LogP contribution >= 0.6 is 0 Å². The van der Waals surface area contributed by atoms with Crippen LogP contribution in [-0.2, 0) is 11.3 Å². The number of rotatable bonds is 5. The first-order valence-corrected chi connectivity index (χ1v) is 5.98. The Hall–Kier alpha value is -2.45. The molecule has 0 fully saturated rings. The zero-order chi connectivity index (χ0) is 13.5. The largest absolute Gasteiger partial charge is 0.377 e. The van der Waals surface area contributed by atoms with Crippen molar-refractivity contribution in [2.24, 2.45) is 0 Å². The van der Waals surface area contributed by atoms with Crippen LogP contribution < -0.4 is 5.32 Å². The van der Waals surface area contributed by atoms with Crippen LogP contribution in [0.15, 0.2) is 36.7 Å². The number of nitrogens with zero attached hydrogens (tertiary/aromatic N) is 3. The molecular formula is C14H14N4O. The summed E-state index contributed by atoms with van der Waals surface area (Å²) in [5.41, 5.74) is 2.20. The monoisotopic (exact) mass is 254 g/mol. The maximum atomic E-state index is 8.95. The topological polar surface area (TPSA) is 70.8 Å². The van der Waals surface area contributed by atoms with Crippen LogP contribution in [0, 0.1) is 11.3 Å². The predicted octanol–water partition coefficient (Wildman–Crippen LogP) is 2.63. The average Bonchev–Trinajstić information content (AvgIpc) is 2.46. The highest BCUT2D eigenvalue weighted by atomic mass is 16.5. The lowest BCUT2D eigenvalue weighted by atomic mass is 10.2. The van der Waals surface area contributed by atoms with Gasteiger partial charge in [0.05, 0.1) is 6.61 Å². The zero-order valence-electron chi connectivity index (χ0n) is 10.6. The standard InChI is InChI=1S/C14H14N4O/c1-2-19-10-11-4-3-5-12(8-11)18-14-13(9-15)16-6-7-17-14/h3-8H,2,10H2,1H3,(H,17,18). The molecule has 1 aromatic heterocycles. The number of aromatic nitrogens is 2. The van der Waals surface area contributed by atoms with Crippen LogP contribution in [0.25, 0.3) is 0 Å². The Morgan fingerprint density at radius 3 is 2.95 bits per heavy atom. The molecule has 0 radical (unpaired) electrons. The summed E-state index contributed by atoms with van der Waals surface area (Å²) in [6, 6.07) is 9.79. The van der Waals surface area contributed by atoms with Crippen molar-refractivity contribution in [2.75, 3.05) is 11.9 Å². The molecule has 5 heteroatoms. The minimum absolute atomic E-state index is 0.276. The van der Waals surface area contributed by atoms with E-state index in [1.807, 2.05) is 37.3 Å². The van der Waals surface area contributed by atoms with Gasteiger partial charge in [0.25, 0.3) is 0 Å². The van der Waals surface area contributed by atoms with Crippen molar-refractivity contribution in [3.05, 3.63) is 47.9 Å². The van der Waals surface area contributed by atoms with Gasteiger partial charge in [-0.25, -0.2) is 9.97 Å². The lowest BCUT2D eigenvalue weighted by Gasteiger charge is -2.08. The van der Waals surface area contributed by atoms with E-state index in [0.717, 1.165) is 11.3 Å².